The van der Waals surface area contributed by atoms with Gasteiger partial charge in [0.05, 0.1) is 0 Å². The molecule has 0 saturated carbocycles. The van der Waals surface area contributed by atoms with Crippen LogP contribution in [-0.4, -0.2) is 29.6 Å². The highest BCUT2D eigenvalue weighted by atomic mass is 79.9. The van der Waals surface area contributed by atoms with Crippen molar-refractivity contribution in [1.29, 1.82) is 0 Å². The van der Waals surface area contributed by atoms with E-state index in [0.29, 0.717) is 6.04 Å². The average Bonchev–Trinajstić information content (AvgIpc) is 2.98. The Balaban J connectivity index is 1.88. The average molecular weight is 328 g/mol. The van der Waals surface area contributed by atoms with Crippen LogP contribution < -0.4 is 10.6 Å². The monoisotopic (exact) mass is 327 g/mol. The third kappa shape index (κ3) is 3.83. The summed E-state index contributed by atoms with van der Waals surface area (Å²) in [5.74, 6) is 0.0115. The number of aromatic nitrogens is 1. The van der Waals surface area contributed by atoms with Crippen LogP contribution in [0.4, 0.5) is 0 Å². The molecular weight excluding hydrogens is 306 g/mol. The Morgan fingerprint density at radius 2 is 2.42 bits per heavy atom. The van der Waals surface area contributed by atoms with Gasteiger partial charge in [-0.05, 0) is 61.7 Å². The van der Waals surface area contributed by atoms with Crippen LogP contribution in [0.15, 0.2) is 16.7 Å². The lowest BCUT2D eigenvalue weighted by Gasteiger charge is -2.14. The first-order valence-electron chi connectivity index (χ1n) is 6.97. The van der Waals surface area contributed by atoms with Gasteiger partial charge >= 0.3 is 0 Å². The normalized spacial score (nSPS) is 19.1. The van der Waals surface area contributed by atoms with Crippen LogP contribution in [0.1, 0.15) is 49.6 Å². The van der Waals surface area contributed by atoms with Crippen molar-refractivity contribution in [3.63, 3.8) is 0 Å². The van der Waals surface area contributed by atoms with Crippen LogP contribution in [0.5, 0.6) is 0 Å². The Morgan fingerprint density at radius 1 is 1.63 bits per heavy atom. The maximum Gasteiger partial charge on any atom is 0.267 e. The molecule has 1 aliphatic heterocycles. The Morgan fingerprint density at radius 3 is 3.05 bits per heavy atom. The second-order valence-electron chi connectivity index (χ2n) is 5.38. The van der Waals surface area contributed by atoms with E-state index in [0.717, 1.165) is 29.7 Å². The van der Waals surface area contributed by atoms with E-state index in [1.54, 1.807) is 0 Å². The van der Waals surface area contributed by atoms with Gasteiger partial charge in [-0.3, -0.25) is 4.79 Å². The Labute approximate surface area is 123 Å². The number of rotatable bonds is 5. The molecule has 1 aromatic heterocycles. The fourth-order valence-electron chi connectivity index (χ4n) is 2.51. The van der Waals surface area contributed by atoms with E-state index >= 15 is 0 Å². The summed E-state index contributed by atoms with van der Waals surface area (Å²) in [6.45, 7) is 6.00. The first-order chi connectivity index (χ1) is 9.08. The van der Waals surface area contributed by atoms with Crippen molar-refractivity contribution in [2.75, 3.05) is 13.1 Å². The molecule has 0 bridgehead atoms. The molecule has 1 amide bonds. The molecule has 0 unspecified atom stereocenters. The van der Waals surface area contributed by atoms with Crippen molar-refractivity contribution in [2.45, 2.75) is 45.2 Å². The van der Waals surface area contributed by atoms with Crippen LogP contribution in [0, 0.1) is 0 Å². The Kier molecular flexibility index (Phi) is 5.05. The Bertz CT molecular complexity index is 436. The first-order valence-corrected chi connectivity index (χ1v) is 7.76. The molecule has 0 aliphatic carbocycles. The van der Waals surface area contributed by atoms with E-state index in [1.807, 2.05) is 16.8 Å². The molecule has 1 saturated heterocycles. The fourth-order valence-corrected chi connectivity index (χ4v) is 2.95. The molecule has 1 fully saturated rings. The molecule has 5 heteroatoms. The summed E-state index contributed by atoms with van der Waals surface area (Å²) in [5.41, 5.74) is 0.723. The molecular formula is C14H22BrN3O. The smallest absolute Gasteiger partial charge is 0.267 e. The van der Waals surface area contributed by atoms with Gasteiger partial charge in [-0.25, -0.2) is 0 Å². The highest BCUT2D eigenvalue weighted by Gasteiger charge is 2.16. The summed E-state index contributed by atoms with van der Waals surface area (Å²) in [6, 6.07) is 2.73. The minimum Gasteiger partial charge on any atom is -0.351 e. The minimum atomic E-state index is 0.0115. The molecule has 2 heterocycles. The number of hydrogen-bond acceptors (Lipinski definition) is 2. The van der Waals surface area contributed by atoms with E-state index in [1.165, 1.54) is 12.8 Å². The van der Waals surface area contributed by atoms with Crippen LogP contribution in [0.2, 0.25) is 0 Å². The molecule has 0 spiro atoms. The number of carbonyl (C=O) groups excluding carboxylic acids is 1. The third-order valence-electron chi connectivity index (χ3n) is 3.54. The van der Waals surface area contributed by atoms with Crippen molar-refractivity contribution < 1.29 is 4.79 Å². The molecule has 0 radical (unpaired) electrons. The standard InChI is InChI=1S/C14H22BrN3O/c1-10(2)18-9-11(15)8-13(18)14(19)17-7-5-12-4-3-6-16-12/h8-10,12,16H,3-7H2,1-2H3,(H,17,19)/t12-/m1/s1. The van der Waals surface area contributed by atoms with Gasteiger partial charge in [0.15, 0.2) is 0 Å². The van der Waals surface area contributed by atoms with E-state index in [9.17, 15) is 4.79 Å². The van der Waals surface area contributed by atoms with Crippen LogP contribution >= 0.6 is 15.9 Å². The van der Waals surface area contributed by atoms with Gasteiger partial charge in [0, 0.05) is 29.3 Å². The van der Waals surface area contributed by atoms with E-state index in [4.69, 9.17) is 0 Å². The zero-order valence-corrected chi connectivity index (χ0v) is 13.2. The highest BCUT2D eigenvalue weighted by Crippen LogP contribution is 2.19. The zero-order chi connectivity index (χ0) is 13.8. The van der Waals surface area contributed by atoms with Crippen LogP contribution in [0.25, 0.3) is 0 Å². The highest BCUT2D eigenvalue weighted by molar-refractivity contribution is 9.10. The van der Waals surface area contributed by atoms with Crippen molar-refractivity contribution in [1.82, 2.24) is 15.2 Å². The molecule has 1 aromatic rings. The first kappa shape index (κ1) is 14.6. The van der Waals surface area contributed by atoms with Crippen molar-refractivity contribution in [2.24, 2.45) is 0 Å². The molecule has 19 heavy (non-hydrogen) atoms. The van der Waals surface area contributed by atoms with Crippen molar-refractivity contribution in [3.05, 3.63) is 22.4 Å². The summed E-state index contributed by atoms with van der Waals surface area (Å²) < 4.78 is 2.94. The van der Waals surface area contributed by atoms with Gasteiger partial charge in [0.25, 0.3) is 5.91 Å². The zero-order valence-electron chi connectivity index (χ0n) is 11.6. The molecule has 0 aromatic carbocycles. The molecule has 1 atom stereocenters. The lowest BCUT2D eigenvalue weighted by Crippen LogP contribution is -2.31. The fraction of sp³-hybridized carbons (Fsp3) is 0.643. The number of halogens is 1. The van der Waals surface area contributed by atoms with Crippen LogP contribution in [-0.2, 0) is 0 Å². The molecule has 1 aliphatic rings. The van der Waals surface area contributed by atoms with Crippen LogP contribution in [0.3, 0.4) is 0 Å². The summed E-state index contributed by atoms with van der Waals surface area (Å²) in [5, 5.41) is 6.45. The van der Waals surface area contributed by atoms with Gasteiger partial charge in [-0.1, -0.05) is 0 Å². The van der Waals surface area contributed by atoms with E-state index in [-0.39, 0.29) is 11.9 Å². The summed E-state index contributed by atoms with van der Waals surface area (Å²) in [4.78, 5) is 12.2. The minimum absolute atomic E-state index is 0.0115. The maximum atomic E-state index is 12.2. The number of hydrogen-bond donors (Lipinski definition) is 2. The summed E-state index contributed by atoms with van der Waals surface area (Å²) in [6.07, 6.45) is 5.44. The second kappa shape index (κ2) is 6.57. The molecule has 4 nitrogen and oxygen atoms in total. The number of carbonyl (C=O) groups is 1. The lowest BCUT2D eigenvalue weighted by atomic mass is 10.1. The number of amides is 1. The topological polar surface area (TPSA) is 46.1 Å². The Hall–Kier alpha value is -0.810. The SMILES string of the molecule is CC(C)n1cc(Br)cc1C(=O)NCC[C@H]1CCCN1. The van der Waals surface area contributed by atoms with Gasteiger partial charge in [-0.2, -0.15) is 0 Å². The maximum absolute atomic E-state index is 12.2. The van der Waals surface area contributed by atoms with Crippen molar-refractivity contribution in [3.8, 4) is 0 Å². The number of nitrogens with zero attached hydrogens (tertiary/aromatic N) is 1. The summed E-state index contributed by atoms with van der Waals surface area (Å²) in [7, 11) is 0. The second-order valence-corrected chi connectivity index (χ2v) is 6.30. The van der Waals surface area contributed by atoms with E-state index < -0.39 is 0 Å². The largest absolute Gasteiger partial charge is 0.351 e. The van der Waals surface area contributed by atoms with Crippen molar-refractivity contribution >= 4 is 21.8 Å². The lowest BCUT2D eigenvalue weighted by molar-refractivity contribution is 0.0941. The number of nitrogens with one attached hydrogen (secondary N) is 2. The molecule has 2 N–H and O–H groups in total. The van der Waals surface area contributed by atoms with E-state index in [2.05, 4.69) is 40.4 Å². The predicted octanol–water partition coefficient (Wildman–Crippen LogP) is 2.70. The quantitative estimate of drug-likeness (QED) is 0.873. The van der Waals surface area contributed by atoms with Gasteiger partial charge in [0.2, 0.25) is 0 Å². The van der Waals surface area contributed by atoms with Gasteiger partial charge < -0.3 is 15.2 Å². The van der Waals surface area contributed by atoms with Gasteiger partial charge in [0.1, 0.15) is 5.69 Å². The predicted molar refractivity (Wildman–Crippen MR) is 80.5 cm³/mol. The summed E-state index contributed by atoms with van der Waals surface area (Å²) >= 11 is 3.43. The van der Waals surface area contributed by atoms with Gasteiger partial charge in [-0.15, -0.1) is 0 Å². The third-order valence-corrected chi connectivity index (χ3v) is 3.98. The molecule has 106 valence electrons. The molecule has 2 rings (SSSR count).